The molecule has 1 aliphatic rings. The summed E-state index contributed by atoms with van der Waals surface area (Å²) in [5.74, 6) is -0.256. The number of benzene rings is 1. The molecular weight excluding hydrogens is 297 g/mol. The Hall–Kier alpha value is -0.870. The highest BCUT2D eigenvalue weighted by atomic mass is 79.9. The standard InChI is InChI=1S/C14H17BrFNO/c1-9-8-18-10(2)7-17(9)11(3)12-5-4-6-13(15)14(12)16/h4-6,9-10H,3,7-8H2,1-2H3/t9-,10-/m0/s1. The third-order valence-corrected chi connectivity index (χ3v) is 3.83. The fourth-order valence-electron chi connectivity index (χ4n) is 2.16. The van der Waals surface area contributed by atoms with E-state index in [1.165, 1.54) is 0 Å². The van der Waals surface area contributed by atoms with Crippen molar-refractivity contribution in [3.05, 3.63) is 40.6 Å². The molecule has 18 heavy (non-hydrogen) atoms. The van der Waals surface area contributed by atoms with E-state index in [0.717, 1.165) is 12.2 Å². The predicted octanol–water partition coefficient (Wildman–Crippen LogP) is 3.67. The molecule has 1 aliphatic heterocycles. The van der Waals surface area contributed by atoms with Crippen molar-refractivity contribution < 1.29 is 9.13 Å². The first kappa shape index (κ1) is 13.6. The third kappa shape index (κ3) is 2.59. The van der Waals surface area contributed by atoms with Crippen molar-refractivity contribution >= 4 is 21.6 Å². The van der Waals surface area contributed by atoms with E-state index in [1.807, 2.05) is 13.0 Å². The van der Waals surface area contributed by atoms with Crippen LogP contribution in [0.2, 0.25) is 0 Å². The van der Waals surface area contributed by atoms with Crippen LogP contribution in [0.1, 0.15) is 19.4 Å². The van der Waals surface area contributed by atoms with Gasteiger partial charge in [-0.05, 0) is 41.9 Å². The van der Waals surface area contributed by atoms with E-state index in [1.54, 1.807) is 12.1 Å². The number of hydrogen-bond acceptors (Lipinski definition) is 2. The quantitative estimate of drug-likeness (QED) is 0.826. The molecule has 1 heterocycles. The average Bonchev–Trinajstić information content (AvgIpc) is 2.35. The monoisotopic (exact) mass is 313 g/mol. The van der Waals surface area contributed by atoms with Crippen molar-refractivity contribution in [1.82, 2.24) is 4.90 Å². The van der Waals surface area contributed by atoms with Crippen LogP contribution in [0.3, 0.4) is 0 Å². The second-order valence-corrected chi connectivity index (χ2v) is 5.55. The van der Waals surface area contributed by atoms with E-state index in [2.05, 4.69) is 34.3 Å². The van der Waals surface area contributed by atoms with Crippen molar-refractivity contribution in [2.75, 3.05) is 13.2 Å². The summed E-state index contributed by atoms with van der Waals surface area (Å²) in [6.07, 6.45) is 0.146. The van der Waals surface area contributed by atoms with Crippen molar-refractivity contribution in [1.29, 1.82) is 0 Å². The highest BCUT2D eigenvalue weighted by molar-refractivity contribution is 9.10. The SMILES string of the molecule is C=C(c1cccc(Br)c1F)N1C[C@H](C)OC[C@@H]1C. The minimum atomic E-state index is -0.256. The van der Waals surface area contributed by atoms with Crippen molar-refractivity contribution in [3.8, 4) is 0 Å². The van der Waals surface area contributed by atoms with Gasteiger partial charge in [-0.1, -0.05) is 12.6 Å². The zero-order valence-electron chi connectivity index (χ0n) is 10.6. The van der Waals surface area contributed by atoms with Gasteiger partial charge in [-0.25, -0.2) is 4.39 Å². The summed E-state index contributed by atoms with van der Waals surface area (Å²) in [7, 11) is 0. The van der Waals surface area contributed by atoms with Crippen LogP contribution >= 0.6 is 15.9 Å². The summed E-state index contributed by atoms with van der Waals surface area (Å²) in [6.45, 7) is 9.52. The van der Waals surface area contributed by atoms with Gasteiger partial charge in [0.2, 0.25) is 0 Å². The maximum Gasteiger partial charge on any atom is 0.146 e. The number of rotatable bonds is 2. The second kappa shape index (κ2) is 5.41. The van der Waals surface area contributed by atoms with Gasteiger partial charge in [0.25, 0.3) is 0 Å². The van der Waals surface area contributed by atoms with Crippen LogP contribution in [0.5, 0.6) is 0 Å². The number of morpholine rings is 1. The molecule has 0 aromatic heterocycles. The Morgan fingerprint density at radius 3 is 2.94 bits per heavy atom. The van der Waals surface area contributed by atoms with Crippen molar-refractivity contribution in [2.45, 2.75) is 26.0 Å². The van der Waals surface area contributed by atoms with Gasteiger partial charge >= 0.3 is 0 Å². The molecule has 0 saturated carbocycles. The van der Waals surface area contributed by atoms with Gasteiger partial charge < -0.3 is 9.64 Å². The lowest BCUT2D eigenvalue weighted by Gasteiger charge is -2.39. The minimum absolute atomic E-state index is 0.146. The van der Waals surface area contributed by atoms with Gasteiger partial charge in [0.1, 0.15) is 5.82 Å². The van der Waals surface area contributed by atoms with Crippen LogP contribution in [-0.2, 0) is 4.74 Å². The number of ether oxygens (including phenoxy) is 1. The predicted molar refractivity (Wildman–Crippen MR) is 74.7 cm³/mol. The molecule has 0 radical (unpaired) electrons. The largest absolute Gasteiger partial charge is 0.375 e. The van der Waals surface area contributed by atoms with Crippen molar-refractivity contribution in [3.63, 3.8) is 0 Å². The minimum Gasteiger partial charge on any atom is -0.375 e. The van der Waals surface area contributed by atoms with Gasteiger partial charge in [0, 0.05) is 23.8 Å². The fourth-order valence-corrected chi connectivity index (χ4v) is 2.53. The summed E-state index contributed by atoms with van der Waals surface area (Å²) in [5, 5.41) is 0. The molecule has 1 fully saturated rings. The molecule has 0 spiro atoms. The van der Waals surface area contributed by atoms with E-state index in [4.69, 9.17) is 4.74 Å². The van der Waals surface area contributed by atoms with Gasteiger partial charge in [0.05, 0.1) is 17.2 Å². The average molecular weight is 314 g/mol. The first-order valence-corrected chi connectivity index (χ1v) is 6.81. The highest BCUT2D eigenvalue weighted by Crippen LogP contribution is 2.28. The van der Waals surface area contributed by atoms with E-state index >= 15 is 0 Å². The first-order valence-electron chi connectivity index (χ1n) is 6.02. The Balaban J connectivity index is 2.27. The van der Waals surface area contributed by atoms with Crippen molar-refractivity contribution in [2.24, 2.45) is 0 Å². The molecule has 0 unspecified atom stereocenters. The lowest BCUT2D eigenvalue weighted by atomic mass is 10.1. The summed E-state index contributed by atoms with van der Waals surface area (Å²) in [5.41, 5.74) is 1.27. The van der Waals surface area contributed by atoms with Crippen LogP contribution in [0.15, 0.2) is 29.3 Å². The molecular formula is C14H17BrFNO. The Morgan fingerprint density at radius 1 is 1.50 bits per heavy atom. The topological polar surface area (TPSA) is 12.5 Å². The zero-order chi connectivity index (χ0) is 13.3. The molecule has 0 N–H and O–H groups in total. The maximum absolute atomic E-state index is 14.1. The van der Waals surface area contributed by atoms with Crippen LogP contribution in [-0.4, -0.2) is 30.2 Å². The fraction of sp³-hybridized carbons (Fsp3) is 0.429. The van der Waals surface area contributed by atoms with E-state index < -0.39 is 0 Å². The maximum atomic E-state index is 14.1. The smallest absolute Gasteiger partial charge is 0.146 e. The van der Waals surface area contributed by atoms with Gasteiger partial charge in [-0.15, -0.1) is 0 Å². The molecule has 0 aliphatic carbocycles. The molecule has 2 nitrogen and oxygen atoms in total. The van der Waals surface area contributed by atoms with Gasteiger partial charge in [0.15, 0.2) is 0 Å². The van der Waals surface area contributed by atoms with Crippen LogP contribution in [0.25, 0.3) is 5.70 Å². The summed E-state index contributed by atoms with van der Waals surface area (Å²) in [4.78, 5) is 2.11. The highest BCUT2D eigenvalue weighted by Gasteiger charge is 2.26. The third-order valence-electron chi connectivity index (χ3n) is 3.22. The van der Waals surface area contributed by atoms with E-state index in [0.29, 0.717) is 16.6 Å². The van der Waals surface area contributed by atoms with Crippen LogP contribution in [0.4, 0.5) is 4.39 Å². The molecule has 2 rings (SSSR count). The molecule has 4 heteroatoms. The molecule has 0 amide bonds. The van der Waals surface area contributed by atoms with E-state index in [-0.39, 0.29) is 18.0 Å². The number of halogens is 2. The molecule has 0 bridgehead atoms. The normalized spacial score (nSPS) is 24.1. The van der Waals surface area contributed by atoms with Gasteiger partial charge in [-0.2, -0.15) is 0 Å². The Labute approximate surface area is 116 Å². The Bertz CT molecular complexity index is 463. The lowest BCUT2D eigenvalue weighted by Crippen LogP contribution is -2.45. The first-order chi connectivity index (χ1) is 8.50. The molecule has 98 valence electrons. The van der Waals surface area contributed by atoms with Crippen LogP contribution < -0.4 is 0 Å². The molecule has 2 atom stereocenters. The lowest BCUT2D eigenvalue weighted by molar-refractivity contribution is -0.0261. The number of hydrogen-bond donors (Lipinski definition) is 0. The Morgan fingerprint density at radius 2 is 2.22 bits per heavy atom. The van der Waals surface area contributed by atoms with Gasteiger partial charge in [-0.3, -0.25) is 0 Å². The second-order valence-electron chi connectivity index (χ2n) is 4.69. The summed E-state index contributed by atoms with van der Waals surface area (Å²) < 4.78 is 20.1. The summed E-state index contributed by atoms with van der Waals surface area (Å²) in [6, 6.07) is 5.49. The molecule has 1 aromatic carbocycles. The van der Waals surface area contributed by atoms with Crippen LogP contribution in [0, 0.1) is 5.82 Å². The Kier molecular flexibility index (Phi) is 4.07. The summed E-state index contributed by atoms with van der Waals surface area (Å²) >= 11 is 3.21. The zero-order valence-corrected chi connectivity index (χ0v) is 12.2. The molecule has 1 aromatic rings. The molecule has 1 saturated heterocycles. The number of nitrogens with zero attached hydrogens (tertiary/aromatic N) is 1. The van der Waals surface area contributed by atoms with E-state index in [9.17, 15) is 4.39 Å².